The van der Waals surface area contributed by atoms with Crippen LogP contribution in [0.15, 0.2) is 23.5 Å². The first-order valence-electron chi connectivity index (χ1n) is 8.24. The quantitative estimate of drug-likeness (QED) is 0.278. The number of non-ortho nitro benzene ring substituents is 1. The molecule has 29 heavy (non-hydrogen) atoms. The Morgan fingerprint density at radius 2 is 1.79 bits per heavy atom. The summed E-state index contributed by atoms with van der Waals surface area (Å²) in [6, 6.07) is 2.64. The van der Waals surface area contributed by atoms with Crippen molar-refractivity contribution in [1.29, 1.82) is 0 Å². The van der Waals surface area contributed by atoms with E-state index in [-0.39, 0.29) is 49.5 Å². The third kappa shape index (κ3) is 5.72. The van der Waals surface area contributed by atoms with Crippen LogP contribution in [0.25, 0.3) is 0 Å². The van der Waals surface area contributed by atoms with E-state index in [4.69, 9.17) is 4.84 Å². The molecule has 0 radical (unpaired) electrons. The number of piperazine rings is 1. The van der Waals surface area contributed by atoms with E-state index in [2.05, 4.69) is 10.6 Å². The van der Waals surface area contributed by atoms with Gasteiger partial charge in [0.15, 0.2) is 0 Å². The molecular formula is C14H17N7O8. The number of nitrogens with zero attached hydrogens (tertiary/aromatic N) is 6. The molecule has 1 heterocycles. The molecule has 156 valence electrons. The lowest BCUT2D eigenvalue weighted by atomic mass is 10.2. The molecule has 0 unspecified atom stereocenters. The van der Waals surface area contributed by atoms with Crippen molar-refractivity contribution < 1.29 is 29.2 Å². The van der Waals surface area contributed by atoms with Gasteiger partial charge >= 0.3 is 5.69 Å². The molecule has 0 aromatic heterocycles. The monoisotopic (exact) mass is 411 g/mol. The zero-order valence-corrected chi connectivity index (χ0v) is 15.2. The molecule has 1 fully saturated rings. The molecule has 15 nitrogen and oxygen atoms in total. The van der Waals surface area contributed by atoms with Gasteiger partial charge in [0, 0.05) is 26.1 Å². The van der Waals surface area contributed by atoms with E-state index in [0.29, 0.717) is 6.07 Å². The highest BCUT2D eigenvalue weighted by atomic mass is 16.7. The van der Waals surface area contributed by atoms with Crippen LogP contribution in [-0.2, 0) is 9.59 Å². The van der Waals surface area contributed by atoms with Gasteiger partial charge in [-0.05, 0) is 6.07 Å². The van der Waals surface area contributed by atoms with Crippen molar-refractivity contribution in [3.63, 3.8) is 0 Å². The van der Waals surface area contributed by atoms with Crippen LogP contribution < -0.4 is 10.2 Å². The van der Waals surface area contributed by atoms with E-state index < -0.39 is 27.0 Å². The summed E-state index contributed by atoms with van der Waals surface area (Å²) in [4.78, 5) is 49.1. The molecule has 0 saturated carbocycles. The van der Waals surface area contributed by atoms with Crippen molar-refractivity contribution in [2.24, 2.45) is 5.28 Å². The zero-order chi connectivity index (χ0) is 21.6. The van der Waals surface area contributed by atoms with Gasteiger partial charge in [0.05, 0.1) is 40.5 Å². The van der Waals surface area contributed by atoms with Crippen LogP contribution in [0.2, 0.25) is 0 Å². The van der Waals surface area contributed by atoms with E-state index in [1.165, 1.54) is 16.8 Å². The number of rotatable bonds is 7. The van der Waals surface area contributed by atoms with Gasteiger partial charge in [0.25, 0.3) is 5.69 Å². The Morgan fingerprint density at radius 1 is 1.14 bits per heavy atom. The predicted octanol–water partition coefficient (Wildman–Crippen LogP) is -0.0454. The molecule has 1 N–H and O–H groups in total. The Bertz CT molecular complexity index is 850. The Labute approximate surface area is 162 Å². The summed E-state index contributed by atoms with van der Waals surface area (Å²) in [6.45, 7) is 1.77. The number of benzene rings is 1. The minimum atomic E-state index is -0.896. The fraction of sp³-hybridized carbons (Fsp3) is 0.429. The van der Waals surface area contributed by atoms with Gasteiger partial charge < -0.3 is 15.4 Å². The minimum absolute atomic E-state index is 0.0841. The van der Waals surface area contributed by atoms with Crippen LogP contribution in [0, 0.1) is 25.4 Å². The molecule has 1 aliphatic heterocycles. The molecular weight excluding hydrogens is 394 g/mol. The molecule has 15 heteroatoms. The number of nitro benzene ring substituents is 2. The van der Waals surface area contributed by atoms with Crippen molar-refractivity contribution >= 4 is 23.2 Å². The molecule has 1 aliphatic rings. The van der Waals surface area contributed by atoms with Gasteiger partial charge in [-0.15, -0.1) is 5.01 Å². The number of hydrogen-bond donors (Lipinski definition) is 1. The van der Waals surface area contributed by atoms with Crippen molar-refractivity contribution in [3.05, 3.63) is 43.6 Å². The lowest BCUT2D eigenvalue weighted by Gasteiger charge is -2.31. The molecule has 0 spiro atoms. The van der Waals surface area contributed by atoms with Crippen molar-refractivity contribution in [2.45, 2.75) is 6.92 Å². The number of hydrogen-bond acceptors (Lipinski definition) is 9. The first-order chi connectivity index (χ1) is 13.7. The topological polar surface area (TPSA) is 187 Å². The second-order valence-corrected chi connectivity index (χ2v) is 5.84. The molecule has 0 atom stereocenters. The average Bonchev–Trinajstić information content (AvgIpc) is 2.69. The molecule has 1 saturated heterocycles. The molecule has 0 aliphatic carbocycles. The lowest BCUT2D eigenvalue weighted by molar-refractivity contribution is -0.708. The average molecular weight is 411 g/mol. The number of amides is 2. The van der Waals surface area contributed by atoms with Crippen LogP contribution >= 0.6 is 0 Å². The minimum Gasteiger partial charge on any atom is -0.569 e. The third-order valence-electron chi connectivity index (χ3n) is 3.90. The molecule has 1 aromatic rings. The largest absolute Gasteiger partial charge is 0.569 e. The second-order valence-electron chi connectivity index (χ2n) is 5.84. The molecule has 2 amide bonds. The number of nitrogens with one attached hydrogen (secondary N) is 1. The molecule has 1 aromatic carbocycles. The fourth-order valence-corrected chi connectivity index (χ4v) is 2.40. The number of carbonyl (C=O) groups excluding carboxylic acids is 2. The summed E-state index contributed by atoms with van der Waals surface area (Å²) in [6.07, 6.45) is 0. The van der Waals surface area contributed by atoms with Crippen LogP contribution in [0.5, 0.6) is 5.75 Å². The summed E-state index contributed by atoms with van der Waals surface area (Å²) < 4.78 is 0. The maximum Gasteiger partial charge on any atom is 0.321 e. The molecule has 2 rings (SSSR count). The van der Waals surface area contributed by atoms with Crippen molar-refractivity contribution in [3.8, 4) is 5.75 Å². The van der Waals surface area contributed by atoms with E-state index in [1.54, 1.807) is 0 Å². The standard InChI is InChI=1S/C14H17N7O8/c1-10(22)15-9-14(23)17-4-6-18(7-5-17)21(28)16-29-13-3-2-11(19(24)25)8-12(13)20(26)27/h2-3,8H,4-7,9H2,1H3,(H,15,22)/b21-16-. The van der Waals surface area contributed by atoms with Crippen LogP contribution in [0.4, 0.5) is 11.4 Å². The van der Waals surface area contributed by atoms with Gasteiger partial charge in [-0.3, -0.25) is 34.7 Å². The highest BCUT2D eigenvalue weighted by molar-refractivity contribution is 5.83. The second kappa shape index (κ2) is 9.25. The number of hydrazine groups is 1. The Morgan fingerprint density at radius 3 is 2.34 bits per heavy atom. The Kier molecular flexibility index (Phi) is 6.78. The SMILES string of the molecule is CC(=O)NCC(=O)N1CCN(/[N+]([O-])=N/Oc2ccc([N+](=O)[O-])cc2[N+](=O)[O-])CC1. The first kappa shape index (κ1) is 21.3. The van der Waals surface area contributed by atoms with Gasteiger partial charge in [-0.2, -0.15) is 0 Å². The van der Waals surface area contributed by atoms with Crippen LogP contribution in [-0.4, -0.2) is 69.3 Å². The first-order valence-corrected chi connectivity index (χ1v) is 8.24. The van der Waals surface area contributed by atoms with Gasteiger partial charge in [0.1, 0.15) is 0 Å². The Hall–Kier alpha value is -4.04. The van der Waals surface area contributed by atoms with E-state index >= 15 is 0 Å². The van der Waals surface area contributed by atoms with Crippen molar-refractivity contribution in [1.82, 2.24) is 15.2 Å². The summed E-state index contributed by atoms with van der Waals surface area (Å²) in [5.41, 5.74) is -1.23. The van der Waals surface area contributed by atoms with Gasteiger partial charge in [0.2, 0.25) is 22.8 Å². The summed E-state index contributed by atoms with van der Waals surface area (Å²) in [5.74, 6) is -1.07. The third-order valence-corrected chi connectivity index (χ3v) is 3.90. The maximum absolute atomic E-state index is 12.0. The summed E-state index contributed by atoms with van der Waals surface area (Å²) >= 11 is 0. The zero-order valence-electron chi connectivity index (χ0n) is 15.2. The van der Waals surface area contributed by atoms with Crippen molar-refractivity contribution in [2.75, 3.05) is 32.7 Å². The lowest BCUT2D eigenvalue weighted by Crippen LogP contribution is -2.52. The summed E-state index contributed by atoms with van der Waals surface area (Å²) in [5, 5.41) is 40.6. The highest BCUT2D eigenvalue weighted by Crippen LogP contribution is 2.31. The molecule has 0 bridgehead atoms. The number of nitro groups is 2. The van der Waals surface area contributed by atoms with Crippen LogP contribution in [0.1, 0.15) is 6.92 Å². The van der Waals surface area contributed by atoms with E-state index in [0.717, 1.165) is 12.1 Å². The van der Waals surface area contributed by atoms with Gasteiger partial charge in [-0.25, -0.2) is 0 Å². The van der Waals surface area contributed by atoms with E-state index in [9.17, 15) is 35.0 Å². The smallest absolute Gasteiger partial charge is 0.321 e. The normalized spacial score (nSPS) is 14.3. The highest BCUT2D eigenvalue weighted by Gasteiger charge is 2.26. The predicted molar refractivity (Wildman–Crippen MR) is 93.3 cm³/mol. The fourth-order valence-electron chi connectivity index (χ4n) is 2.40. The van der Waals surface area contributed by atoms with Gasteiger partial charge in [-0.1, -0.05) is 0 Å². The number of carbonyl (C=O) groups is 2. The maximum atomic E-state index is 12.0. The van der Waals surface area contributed by atoms with E-state index in [1.807, 2.05) is 0 Å². The Balaban J connectivity index is 1.97. The summed E-state index contributed by atoms with van der Waals surface area (Å²) in [7, 11) is 0. The van der Waals surface area contributed by atoms with Crippen LogP contribution in [0.3, 0.4) is 0 Å².